The van der Waals surface area contributed by atoms with Crippen LogP contribution >= 0.6 is 7.80 Å². The van der Waals surface area contributed by atoms with Gasteiger partial charge in [-0.2, -0.15) is 0 Å². The summed E-state index contributed by atoms with van der Waals surface area (Å²) in [5.41, 5.74) is 0. The van der Waals surface area contributed by atoms with E-state index in [4.69, 9.17) is 17.0 Å². The van der Waals surface area contributed by atoms with Crippen LogP contribution in [0, 0.1) is 0 Å². The van der Waals surface area contributed by atoms with Crippen LogP contribution in [0.5, 0.6) is 0 Å². The summed E-state index contributed by atoms with van der Waals surface area (Å²) in [6, 6.07) is 0. The van der Waals surface area contributed by atoms with Crippen molar-refractivity contribution in [1.82, 2.24) is 0 Å². The molecule has 2 rings (SSSR count). The highest BCUT2D eigenvalue weighted by Crippen LogP contribution is 2.66. The van der Waals surface area contributed by atoms with Crippen LogP contribution in [-0.2, 0) is 9.47 Å². The highest BCUT2D eigenvalue weighted by molar-refractivity contribution is 7.84. The average molecular weight is 226 g/mol. The summed E-state index contributed by atoms with van der Waals surface area (Å²) in [6.45, 7) is 10.4. The second-order valence-corrected chi connectivity index (χ2v) is 9.12. The lowest BCUT2D eigenvalue weighted by molar-refractivity contribution is -0.178. The summed E-state index contributed by atoms with van der Waals surface area (Å²) in [4.78, 5) is 0. The largest absolute Gasteiger partial charge is 0.578 e. The Balaban J connectivity index is 2.27. The first-order valence-electron chi connectivity index (χ1n) is 5.61. The first-order valence-corrected chi connectivity index (χ1v) is 7.02. The lowest BCUT2D eigenvalue weighted by Gasteiger charge is -2.62. The molecule has 2 aliphatic rings. The van der Waals surface area contributed by atoms with Crippen molar-refractivity contribution >= 4 is 15.4 Å². The van der Waals surface area contributed by atoms with Crippen molar-refractivity contribution in [3.63, 3.8) is 0 Å². The van der Waals surface area contributed by atoms with E-state index in [-0.39, 0.29) is 16.1 Å². The highest BCUT2D eigenvalue weighted by atomic mass is 31.1. The maximum atomic E-state index is 6.39. The normalized spacial score (nSPS) is 33.4. The smallest absolute Gasteiger partial charge is 0.169 e. The van der Waals surface area contributed by atoms with Crippen LogP contribution in [-0.4, -0.2) is 36.9 Å². The fraction of sp³-hybridized carbons (Fsp3) is 1.00. The molecule has 0 aliphatic carbocycles. The third-order valence-corrected chi connectivity index (χ3v) is 6.45. The first-order chi connectivity index (χ1) is 6.78. The molecule has 0 aromatic heterocycles. The number of hydrogen-bond acceptors (Lipinski definition) is 2. The minimum atomic E-state index is -0.480. The van der Waals surface area contributed by atoms with E-state index in [1.807, 2.05) is 0 Å². The maximum absolute atomic E-state index is 6.39. The van der Waals surface area contributed by atoms with Gasteiger partial charge in [0.25, 0.3) is 0 Å². The van der Waals surface area contributed by atoms with Crippen molar-refractivity contribution in [3.05, 3.63) is 0 Å². The summed E-state index contributed by atoms with van der Waals surface area (Å²) in [5.74, 6) is -0.342. The van der Waals surface area contributed by atoms with Gasteiger partial charge in [0.1, 0.15) is 0 Å². The average Bonchev–Trinajstić information content (AvgIpc) is 2.47. The van der Waals surface area contributed by atoms with Gasteiger partial charge >= 0.3 is 0 Å². The summed E-state index contributed by atoms with van der Waals surface area (Å²) in [7, 11) is 5.91. The van der Waals surface area contributed by atoms with E-state index in [9.17, 15) is 0 Å². The Morgan fingerprint density at radius 3 is 1.73 bits per heavy atom. The van der Waals surface area contributed by atoms with Crippen molar-refractivity contribution < 1.29 is 9.47 Å². The molecule has 0 N–H and O–H groups in total. The Morgan fingerprint density at radius 1 is 0.933 bits per heavy atom. The van der Waals surface area contributed by atoms with Crippen LogP contribution in [0.1, 0.15) is 40.5 Å². The fourth-order valence-corrected chi connectivity index (χ4v) is 5.53. The Morgan fingerprint density at radius 2 is 1.33 bits per heavy atom. The molecule has 0 aromatic carbocycles. The van der Waals surface area contributed by atoms with Crippen LogP contribution in [0.4, 0.5) is 0 Å². The van der Waals surface area contributed by atoms with E-state index >= 15 is 0 Å². The van der Waals surface area contributed by atoms with Crippen molar-refractivity contribution in [2.24, 2.45) is 0 Å². The molecule has 0 aromatic rings. The molecule has 0 bridgehead atoms. The molecule has 2 heterocycles. The second kappa shape index (κ2) is 3.45. The molecule has 0 atom stereocenters. The van der Waals surface area contributed by atoms with Gasteiger partial charge in [-0.25, -0.2) is 0 Å². The predicted molar refractivity (Wildman–Crippen MR) is 64.7 cm³/mol. The molecule has 2 nitrogen and oxygen atoms in total. The lowest BCUT2D eigenvalue weighted by atomic mass is 9.91. The van der Waals surface area contributed by atoms with E-state index in [1.54, 1.807) is 0 Å². The van der Waals surface area contributed by atoms with Gasteiger partial charge in [-0.15, -0.1) is 0 Å². The topological polar surface area (TPSA) is 18.5 Å². The summed E-state index contributed by atoms with van der Waals surface area (Å²) in [6.07, 6.45) is 1.87. The van der Waals surface area contributed by atoms with Gasteiger partial charge in [-0.05, 0) is 0 Å². The Bertz CT molecular complexity index is 239. The molecule has 2 fully saturated rings. The zero-order valence-corrected chi connectivity index (χ0v) is 11.1. The molecule has 15 heavy (non-hydrogen) atoms. The van der Waals surface area contributed by atoms with Gasteiger partial charge in [0.05, 0.1) is 13.2 Å². The van der Waals surface area contributed by atoms with E-state index in [0.717, 1.165) is 26.1 Å². The molecule has 0 unspecified atom stereocenters. The van der Waals surface area contributed by atoms with Gasteiger partial charge in [0.2, 0.25) is 0 Å². The van der Waals surface area contributed by atoms with E-state index in [2.05, 4.69) is 27.7 Å². The zero-order valence-electron chi connectivity index (χ0n) is 10.2. The minimum absolute atomic E-state index is 0.140. The van der Waals surface area contributed by atoms with E-state index in [1.165, 1.54) is 0 Å². The second-order valence-electron chi connectivity index (χ2n) is 5.96. The number of ether oxygens (including phenoxy) is 2. The van der Waals surface area contributed by atoms with E-state index < -0.39 is 7.80 Å². The van der Waals surface area contributed by atoms with Crippen LogP contribution in [0.15, 0.2) is 0 Å². The van der Waals surface area contributed by atoms with Crippen molar-refractivity contribution in [1.29, 1.82) is 0 Å². The van der Waals surface area contributed by atoms with Crippen molar-refractivity contribution in [3.8, 4) is 0 Å². The van der Waals surface area contributed by atoms with Crippen LogP contribution in [0.3, 0.4) is 0 Å². The molecule has 1 spiro atoms. The summed E-state index contributed by atoms with van der Waals surface area (Å²) < 4.78 is 11.7. The summed E-state index contributed by atoms with van der Waals surface area (Å²) in [5, 5.41) is 0.281. The molecule has 85 valence electrons. The minimum Gasteiger partial charge on any atom is -0.578 e. The van der Waals surface area contributed by atoms with Crippen LogP contribution < -0.4 is 0 Å². The van der Waals surface area contributed by atoms with Gasteiger partial charge in [-0.3, -0.25) is 0 Å². The SMILES string of the molecule is [B-]P1C(C)(C)CC2(CC1(C)C)OCCO2. The Hall–Kier alpha value is 0.415. The number of hydrogen-bond donors (Lipinski definition) is 0. The van der Waals surface area contributed by atoms with Crippen molar-refractivity contribution in [2.45, 2.75) is 56.6 Å². The first kappa shape index (κ1) is 11.9. The summed E-state index contributed by atoms with van der Waals surface area (Å²) >= 11 is 0. The van der Waals surface area contributed by atoms with Gasteiger partial charge < -0.3 is 24.8 Å². The lowest BCUT2D eigenvalue weighted by Crippen LogP contribution is -2.50. The molecular formula is C11H20BO2P-. The Kier molecular flexibility index (Phi) is 2.74. The molecule has 0 saturated carbocycles. The van der Waals surface area contributed by atoms with Crippen LogP contribution in [0.25, 0.3) is 0 Å². The molecule has 0 amide bonds. The van der Waals surface area contributed by atoms with Crippen LogP contribution in [0.2, 0.25) is 0 Å². The van der Waals surface area contributed by atoms with Gasteiger partial charge in [0, 0.05) is 12.8 Å². The molecule has 4 heteroatoms. The molecule has 2 saturated heterocycles. The highest BCUT2D eigenvalue weighted by Gasteiger charge is 2.50. The van der Waals surface area contributed by atoms with Gasteiger partial charge in [0.15, 0.2) is 5.79 Å². The third kappa shape index (κ3) is 1.99. The van der Waals surface area contributed by atoms with Gasteiger partial charge in [-0.1, -0.05) is 38.0 Å². The monoisotopic (exact) mass is 226 g/mol. The quantitative estimate of drug-likeness (QED) is 0.467. The predicted octanol–water partition coefficient (Wildman–Crippen LogP) is 2.65. The Labute approximate surface area is 95.2 Å². The number of rotatable bonds is 0. The van der Waals surface area contributed by atoms with E-state index in [0.29, 0.717) is 0 Å². The maximum Gasteiger partial charge on any atom is 0.169 e. The molecule has 2 aliphatic heterocycles. The van der Waals surface area contributed by atoms with Crippen molar-refractivity contribution in [2.75, 3.05) is 13.2 Å². The molecule has 3 radical (unpaired) electrons. The standard InChI is InChI=1S/C11H20BO2P/c1-9(2)7-11(13-5-6-14-11)8-10(3,4)15(9)12/h5-8H2,1-4H3/q-1. The fourth-order valence-electron chi connectivity index (χ4n) is 3.07. The third-order valence-electron chi connectivity index (χ3n) is 3.52. The zero-order chi connectivity index (χ0) is 11.3. The molecular weight excluding hydrogens is 206 g/mol.